The molecule has 3 aromatic heterocycles. The number of hydrogen-bond acceptors (Lipinski definition) is 6. The third-order valence-electron chi connectivity index (χ3n) is 7.11. The third-order valence-corrected chi connectivity index (χ3v) is 7.11. The minimum atomic E-state index is -4.48. The maximum atomic E-state index is 15.5. The Kier molecular flexibility index (Phi) is 5.70. The van der Waals surface area contributed by atoms with E-state index in [-0.39, 0.29) is 23.4 Å². The van der Waals surface area contributed by atoms with Crippen LogP contribution in [-0.2, 0) is 26.2 Å². The molecule has 0 aliphatic heterocycles. The van der Waals surface area contributed by atoms with Crippen molar-refractivity contribution >= 4 is 33.5 Å². The maximum Gasteiger partial charge on any atom is 0.416 e. The van der Waals surface area contributed by atoms with Crippen molar-refractivity contribution in [1.29, 1.82) is 0 Å². The molecule has 39 heavy (non-hydrogen) atoms. The second-order valence-electron chi connectivity index (χ2n) is 9.44. The van der Waals surface area contributed by atoms with Crippen molar-refractivity contribution in [2.45, 2.75) is 31.6 Å². The number of halogens is 4. The van der Waals surface area contributed by atoms with Crippen LogP contribution in [-0.4, -0.2) is 35.5 Å². The molecular formula is C27H21F4N7O. The second-order valence-corrected chi connectivity index (χ2v) is 9.44. The van der Waals surface area contributed by atoms with Crippen molar-refractivity contribution in [1.82, 2.24) is 29.6 Å². The molecule has 1 aliphatic carbocycles. The van der Waals surface area contributed by atoms with Gasteiger partial charge in [-0.3, -0.25) is 9.48 Å². The van der Waals surface area contributed by atoms with Crippen LogP contribution in [0.2, 0.25) is 0 Å². The van der Waals surface area contributed by atoms with E-state index < -0.39 is 29.5 Å². The number of pyridine rings is 1. The lowest BCUT2D eigenvalue weighted by atomic mass is 10.0. The summed E-state index contributed by atoms with van der Waals surface area (Å²) in [6.07, 6.45) is 0.815. The summed E-state index contributed by atoms with van der Waals surface area (Å²) in [7, 11) is 1.70. The van der Waals surface area contributed by atoms with E-state index in [1.165, 1.54) is 29.4 Å². The highest BCUT2D eigenvalue weighted by Gasteiger charge is 2.36. The summed E-state index contributed by atoms with van der Waals surface area (Å²) in [5, 5.41) is 5.27. The SMILES string of the molecule is Cn1ncc2c(N)nc3cc(F)c(C(=O)N(Cc4ncccn4)C4CCc5cc(C(F)(F)F)ccc54)cc3c21. The van der Waals surface area contributed by atoms with E-state index in [0.29, 0.717) is 46.1 Å². The number of carbonyl (C=O) groups is 1. The smallest absolute Gasteiger partial charge is 0.383 e. The van der Waals surface area contributed by atoms with Crippen LogP contribution in [0.15, 0.2) is 55.0 Å². The van der Waals surface area contributed by atoms with Gasteiger partial charge in [-0.15, -0.1) is 0 Å². The lowest BCUT2D eigenvalue weighted by molar-refractivity contribution is -0.137. The predicted molar refractivity (Wildman–Crippen MR) is 135 cm³/mol. The lowest BCUT2D eigenvalue weighted by Crippen LogP contribution is -2.34. The molecule has 0 bridgehead atoms. The highest BCUT2D eigenvalue weighted by Crippen LogP contribution is 2.41. The highest BCUT2D eigenvalue weighted by atomic mass is 19.4. The van der Waals surface area contributed by atoms with Gasteiger partial charge in [0, 0.05) is 30.9 Å². The molecule has 12 heteroatoms. The van der Waals surface area contributed by atoms with E-state index >= 15 is 4.39 Å². The minimum Gasteiger partial charge on any atom is -0.383 e. The predicted octanol–water partition coefficient (Wildman–Crippen LogP) is 4.98. The number of aromatic nitrogens is 5. The molecule has 2 aromatic carbocycles. The molecule has 0 fully saturated rings. The van der Waals surface area contributed by atoms with Gasteiger partial charge in [0.05, 0.1) is 46.3 Å². The number of amides is 1. The van der Waals surface area contributed by atoms with Gasteiger partial charge in [0.15, 0.2) is 0 Å². The van der Waals surface area contributed by atoms with Crippen LogP contribution in [0.25, 0.3) is 21.8 Å². The summed E-state index contributed by atoms with van der Waals surface area (Å²) in [5.74, 6) is -0.944. The Hall–Kier alpha value is -4.61. The molecule has 0 radical (unpaired) electrons. The molecule has 1 amide bonds. The average Bonchev–Trinajstić information content (AvgIpc) is 3.50. The standard InChI is InChI=1S/C27H21F4N7O/c1-37-24-18-10-17(20(28)11-21(18)36-25(32)19(24)12-35-37)26(39)38(13-23-33-7-2-8-34-23)22-6-3-14-9-15(27(29,30)31)4-5-16(14)22/h2,4-5,7-12,22H,3,6,13H2,1H3,(H2,32,36). The van der Waals surface area contributed by atoms with Gasteiger partial charge in [0.2, 0.25) is 0 Å². The number of nitrogen functional groups attached to an aromatic ring is 1. The number of anilines is 1. The molecule has 1 aliphatic rings. The van der Waals surface area contributed by atoms with Crippen LogP contribution in [0.5, 0.6) is 0 Å². The van der Waals surface area contributed by atoms with Crippen LogP contribution >= 0.6 is 0 Å². The number of fused-ring (bicyclic) bond motifs is 4. The maximum absolute atomic E-state index is 15.5. The zero-order valence-corrected chi connectivity index (χ0v) is 20.6. The average molecular weight is 536 g/mol. The van der Waals surface area contributed by atoms with Gasteiger partial charge in [-0.1, -0.05) is 6.07 Å². The summed E-state index contributed by atoms with van der Waals surface area (Å²) in [5.41, 5.74) is 7.01. The van der Waals surface area contributed by atoms with Crippen LogP contribution in [0, 0.1) is 5.82 Å². The Morgan fingerprint density at radius 1 is 1.15 bits per heavy atom. The highest BCUT2D eigenvalue weighted by molar-refractivity contribution is 6.10. The first-order chi connectivity index (χ1) is 18.6. The molecule has 0 saturated carbocycles. The van der Waals surface area contributed by atoms with E-state index in [4.69, 9.17) is 5.73 Å². The molecule has 2 N–H and O–H groups in total. The number of nitrogens with two attached hydrogens (primary N) is 1. The first-order valence-corrected chi connectivity index (χ1v) is 12.1. The molecule has 0 saturated heterocycles. The van der Waals surface area contributed by atoms with Gasteiger partial charge < -0.3 is 10.6 Å². The number of carbonyl (C=O) groups excluding carboxylic acids is 1. The first-order valence-electron chi connectivity index (χ1n) is 12.1. The molecular weight excluding hydrogens is 514 g/mol. The van der Waals surface area contributed by atoms with E-state index in [2.05, 4.69) is 20.1 Å². The quantitative estimate of drug-likeness (QED) is 0.326. The summed E-state index contributed by atoms with van der Waals surface area (Å²) in [6, 6.07) is 7.11. The van der Waals surface area contributed by atoms with Gasteiger partial charge in [0.1, 0.15) is 17.5 Å². The zero-order chi connectivity index (χ0) is 27.5. The fourth-order valence-electron chi connectivity index (χ4n) is 5.28. The van der Waals surface area contributed by atoms with Crippen molar-refractivity contribution < 1.29 is 22.4 Å². The van der Waals surface area contributed by atoms with Crippen LogP contribution in [0.3, 0.4) is 0 Å². The van der Waals surface area contributed by atoms with Crippen molar-refractivity contribution in [3.8, 4) is 0 Å². The summed E-state index contributed by atoms with van der Waals surface area (Å²) in [6.45, 7) is -0.0661. The first kappa shape index (κ1) is 24.7. The third kappa shape index (κ3) is 4.21. The van der Waals surface area contributed by atoms with Gasteiger partial charge >= 0.3 is 6.18 Å². The second kappa shape index (κ2) is 9.00. The summed E-state index contributed by atoms with van der Waals surface area (Å²) in [4.78, 5) is 28.2. The van der Waals surface area contributed by atoms with Crippen molar-refractivity contribution in [2.75, 3.05) is 5.73 Å². The normalized spacial score (nSPS) is 15.2. The van der Waals surface area contributed by atoms with Crippen LogP contribution in [0.4, 0.5) is 23.4 Å². The van der Waals surface area contributed by atoms with Gasteiger partial charge in [-0.2, -0.15) is 18.3 Å². The number of nitrogens with zero attached hydrogens (tertiary/aromatic N) is 6. The lowest BCUT2D eigenvalue weighted by Gasteiger charge is -2.30. The van der Waals surface area contributed by atoms with Crippen LogP contribution < -0.4 is 5.73 Å². The van der Waals surface area contributed by atoms with E-state index in [1.54, 1.807) is 24.0 Å². The summed E-state index contributed by atoms with van der Waals surface area (Å²) < 4.78 is 57.0. The Balaban J connectivity index is 1.47. The molecule has 3 heterocycles. The topological polar surface area (TPSA) is 103 Å². The zero-order valence-electron chi connectivity index (χ0n) is 20.6. The molecule has 1 unspecified atom stereocenters. The molecule has 0 spiro atoms. The molecule has 198 valence electrons. The van der Waals surface area contributed by atoms with Crippen molar-refractivity contribution in [2.24, 2.45) is 7.05 Å². The van der Waals surface area contributed by atoms with E-state index in [0.717, 1.165) is 18.2 Å². The van der Waals surface area contributed by atoms with Gasteiger partial charge in [-0.05, 0) is 48.2 Å². The Labute approximate surface area is 219 Å². The Morgan fingerprint density at radius 2 is 1.92 bits per heavy atom. The molecule has 8 nitrogen and oxygen atoms in total. The van der Waals surface area contributed by atoms with Crippen LogP contribution in [0.1, 0.15) is 45.3 Å². The number of benzene rings is 2. The number of rotatable bonds is 4. The monoisotopic (exact) mass is 535 g/mol. The molecule has 6 rings (SSSR count). The summed E-state index contributed by atoms with van der Waals surface area (Å²) >= 11 is 0. The number of alkyl halides is 3. The molecule has 5 aromatic rings. The fourth-order valence-corrected chi connectivity index (χ4v) is 5.28. The minimum absolute atomic E-state index is 0.0661. The van der Waals surface area contributed by atoms with Gasteiger partial charge in [0.25, 0.3) is 5.91 Å². The van der Waals surface area contributed by atoms with Crippen molar-refractivity contribution in [3.63, 3.8) is 0 Å². The van der Waals surface area contributed by atoms with E-state index in [9.17, 15) is 18.0 Å². The number of aryl methyl sites for hydroxylation is 2. The Morgan fingerprint density at radius 3 is 2.67 bits per heavy atom. The van der Waals surface area contributed by atoms with Gasteiger partial charge in [-0.25, -0.2) is 19.3 Å². The van der Waals surface area contributed by atoms with Crippen molar-refractivity contribution in [3.05, 3.63) is 88.9 Å². The largest absolute Gasteiger partial charge is 0.416 e. The van der Waals surface area contributed by atoms with E-state index in [1.807, 2.05) is 0 Å². The Bertz CT molecular complexity index is 1750. The number of hydrogen-bond donors (Lipinski definition) is 1. The molecule has 1 atom stereocenters. The fraction of sp³-hybridized carbons (Fsp3) is 0.222.